The minimum Gasteiger partial charge on any atom is -0.356 e. The number of amides is 2. The summed E-state index contributed by atoms with van der Waals surface area (Å²) in [5, 5.41) is 6.66. The van der Waals surface area contributed by atoms with Crippen LogP contribution in [0.1, 0.15) is 24.5 Å². The molecule has 1 atom stereocenters. The number of sulfonamides is 1. The van der Waals surface area contributed by atoms with Gasteiger partial charge in [-0.25, -0.2) is 12.8 Å². The van der Waals surface area contributed by atoms with Gasteiger partial charge in [-0.15, -0.1) is 0 Å². The summed E-state index contributed by atoms with van der Waals surface area (Å²) in [6.45, 7) is 0. The molecule has 0 spiro atoms. The first kappa shape index (κ1) is 18.1. The molecule has 1 unspecified atom stereocenters. The van der Waals surface area contributed by atoms with Gasteiger partial charge in [-0.05, 0) is 48.9 Å². The number of halogens is 1. The Bertz CT molecular complexity index is 1190. The highest BCUT2D eigenvalue weighted by molar-refractivity contribution is 7.92. The number of anilines is 1. The Morgan fingerprint density at radius 2 is 1.89 bits per heavy atom. The number of nitrogens with one attached hydrogen (secondary N) is 2. The SMILES string of the molecule is O=C1CCC(c2noc3ccc(NS(=O)(=O)c4ccc(F)cc4)cc23)C(=O)N1. The number of hydrogen-bond donors (Lipinski definition) is 2. The maximum atomic E-state index is 13.0. The van der Waals surface area contributed by atoms with Crippen LogP contribution in [0.25, 0.3) is 11.0 Å². The summed E-state index contributed by atoms with van der Waals surface area (Å²) in [6, 6.07) is 8.95. The Kier molecular flexibility index (Phi) is 4.34. The molecule has 0 aliphatic carbocycles. The highest BCUT2D eigenvalue weighted by atomic mass is 32.2. The summed E-state index contributed by atoms with van der Waals surface area (Å²) < 4.78 is 45.6. The number of piperidine rings is 1. The molecule has 10 heteroatoms. The number of aromatic nitrogens is 1. The summed E-state index contributed by atoms with van der Waals surface area (Å²) in [7, 11) is -3.93. The van der Waals surface area contributed by atoms with E-state index in [0.717, 1.165) is 24.3 Å². The molecule has 2 amide bonds. The minimum atomic E-state index is -3.93. The molecule has 0 bridgehead atoms. The van der Waals surface area contributed by atoms with Crippen molar-refractivity contribution in [2.45, 2.75) is 23.7 Å². The van der Waals surface area contributed by atoms with Gasteiger partial charge in [0.15, 0.2) is 5.58 Å². The molecule has 0 saturated carbocycles. The quantitative estimate of drug-likeness (QED) is 0.645. The number of imide groups is 1. The van der Waals surface area contributed by atoms with Crippen LogP contribution in [0.4, 0.5) is 10.1 Å². The number of hydrogen-bond acceptors (Lipinski definition) is 6. The lowest BCUT2D eigenvalue weighted by atomic mass is 9.93. The van der Waals surface area contributed by atoms with Crippen molar-refractivity contribution in [3.8, 4) is 0 Å². The van der Waals surface area contributed by atoms with Gasteiger partial charge in [-0.3, -0.25) is 19.6 Å². The lowest BCUT2D eigenvalue weighted by molar-refractivity contribution is -0.134. The van der Waals surface area contributed by atoms with Crippen LogP contribution < -0.4 is 10.0 Å². The van der Waals surface area contributed by atoms with Gasteiger partial charge >= 0.3 is 0 Å². The predicted octanol–water partition coefficient (Wildman–Crippen LogP) is 2.29. The number of fused-ring (bicyclic) bond motifs is 1. The normalized spacial score (nSPS) is 17.5. The minimum absolute atomic E-state index is 0.0929. The lowest BCUT2D eigenvalue weighted by Gasteiger charge is -2.18. The van der Waals surface area contributed by atoms with Gasteiger partial charge in [0.05, 0.1) is 10.8 Å². The van der Waals surface area contributed by atoms with Crippen molar-refractivity contribution < 1.29 is 26.9 Å². The van der Waals surface area contributed by atoms with Crippen LogP contribution in [-0.2, 0) is 19.6 Å². The smallest absolute Gasteiger partial charge is 0.261 e. The van der Waals surface area contributed by atoms with E-state index in [1.54, 1.807) is 0 Å². The van der Waals surface area contributed by atoms with E-state index in [-0.39, 0.29) is 29.3 Å². The van der Waals surface area contributed by atoms with Crippen molar-refractivity contribution in [3.63, 3.8) is 0 Å². The Morgan fingerprint density at radius 3 is 2.61 bits per heavy atom. The van der Waals surface area contributed by atoms with Crippen LogP contribution in [0, 0.1) is 5.82 Å². The second kappa shape index (κ2) is 6.71. The molecule has 1 aliphatic heterocycles. The van der Waals surface area contributed by atoms with E-state index in [9.17, 15) is 22.4 Å². The van der Waals surface area contributed by atoms with Gasteiger partial charge in [0.1, 0.15) is 11.5 Å². The third-order valence-electron chi connectivity index (χ3n) is 4.44. The van der Waals surface area contributed by atoms with E-state index in [4.69, 9.17) is 4.52 Å². The van der Waals surface area contributed by atoms with Crippen molar-refractivity contribution in [3.05, 3.63) is 54.0 Å². The predicted molar refractivity (Wildman–Crippen MR) is 96.3 cm³/mol. The van der Waals surface area contributed by atoms with Crippen LogP contribution in [0.15, 0.2) is 51.9 Å². The number of carbonyl (C=O) groups is 2. The molecule has 4 rings (SSSR count). The highest BCUT2D eigenvalue weighted by Crippen LogP contribution is 2.32. The van der Waals surface area contributed by atoms with E-state index in [1.807, 2.05) is 0 Å². The molecule has 1 aromatic heterocycles. The summed E-state index contributed by atoms with van der Waals surface area (Å²) in [6.07, 6.45) is 0.472. The highest BCUT2D eigenvalue weighted by Gasteiger charge is 2.32. The van der Waals surface area contributed by atoms with E-state index >= 15 is 0 Å². The van der Waals surface area contributed by atoms with Crippen molar-refractivity contribution in [1.82, 2.24) is 10.5 Å². The Morgan fingerprint density at radius 1 is 1.14 bits per heavy atom. The number of carbonyl (C=O) groups excluding carboxylic acids is 2. The van der Waals surface area contributed by atoms with E-state index in [0.29, 0.717) is 16.7 Å². The third kappa shape index (κ3) is 3.33. The van der Waals surface area contributed by atoms with Crippen molar-refractivity contribution in [2.24, 2.45) is 0 Å². The van der Waals surface area contributed by atoms with Crippen molar-refractivity contribution in [2.75, 3.05) is 4.72 Å². The van der Waals surface area contributed by atoms with Crippen molar-refractivity contribution in [1.29, 1.82) is 0 Å². The summed E-state index contributed by atoms with van der Waals surface area (Å²) in [4.78, 5) is 23.4. The molecule has 1 fully saturated rings. The molecule has 28 heavy (non-hydrogen) atoms. The van der Waals surface area contributed by atoms with Crippen LogP contribution in [0.3, 0.4) is 0 Å². The fraction of sp³-hybridized carbons (Fsp3) is 0.167. The molecular weight excluding hydrogens is 389 g/mol. The maximum Gasteiger partial charge on any atom is 0.261 e. The molecule has 144 valence electrons. The van der Waals surface area contributed by atoms with Gasteiger partial charge in [0.25, 0.3) is 10.0 Å². The van der Waals surface area contributed by atoms with Crippen LogP contribution in [0.5, 0.6) is 0 Å². The first-order valence-corrected chi connectivity index (χ1v) is 9.83. The van der Waals surface area contributed by atoms with E-state index in [1.165, 1.54) is 18.2 Å². The summed E-state index contributed by atoms with van der Waals surface area (Å²) in [5.74, 6) is -2.02. The molecule has 2 aromatic carbocycles. The zero-order valence-electron chi connectivity index (χ0n) is 14.3. The van der Waals surface area contributed by atoms with Crippen molar-refractivity contribution >= 4 is 38.5 Å². The summed E-state index contributed by atoms with van der Waals surface area (Å²) >= 11 is 0. The first-order valence-electron chi connectivity index (χ1n) is 8.35. The van der Waals surface area contributed by atoms with Crippen LogP contribution in [-0.4, -0.2) is 25.4 Å². The Hall–Kier alpha value is -3.27. The average Bonchev–Trinajstić information content (AvgIpc) is 3.05. The van der Waals surface area contributed by atoms with Crippen LogP contribution >= 0.6 is 0 Å². The second-order valence-electron chi connectivity index (χ2n) is 6.34. The first-order chi connectivity index (χ1) is 13.3. The van der Waals surface area contributed by atoms with Crippen LogP contribution in [0.2, 0.25) is 0 Å². The Balaban J connectivity index is 1.67. The molecule has 8 nitrogen and oxygen atoms in total. The number of benzene rings is 2. The average molecular weight is 403 g/mol. The number of rotatable bonds is 4. The zero-order chi connectivity index (χ0) is 19.9. The van der Waals surface area contributed by atoms with E-state index < -0.39 is 27.7 Å². The summed E-state index contributed by atoms with van der Waals surface area (Å²) in [5.41, 5.74) is 0.945. The fourth-order valence-electron chi connectivity index (χ4n) is 3.05. The van der Waals surface area contributed by atoms with Gasteiger partial charge in [0, 0.05) is 17.5 Å². The monoisotopic (exact) mass is 403 g/mol. The van der Waals surface area contributed by atoms with Gasteiger partial charge in [-0.1, -0.05) is 5.16 Å². The topological polar surface area (TPSA) is 118 Å². The fourth-order valence-corrected chi connectivity index (χ4v) is 4.10. The largest absolute Gasteiger partial charge is 0.356 e. The van der Waals surface area contributed by atoms with Gasteiger partial charge in [-0.2, -0.15) is 0 Å². The maximum absolute atomic E-state index is 13.0. The Labute approximate surface area is 158 Å². The third-order valence-corrected chi connectivity index (χ3v) is 5.84. The molecule has 3 aromatic rings. The number of nitrogens with zero attached hydrogens (tertiary/aromatic N) is 1. The molecule has 2 heterocycles. The van der Waals surface area contributed by atoms with E-state index in [2.05, 4.69) is 15.2 Å². The molecular formula is C18H14FN3O5S. The zero-order valence-corrected chi connectivity index (χ0v) is 15.1. The molecule has 1 saturated heterocycles. The lowest BCUT2D eigenvalue weighted by Crippen LogP contribution is -2.39. The molecule has 0 radical (unpaired) electrons. The molecule has 2 N–H and O–H groups in total. The second-order valence-corrected chi connectivity index (χ2v) is 8.02. The van der Waals surface area contributed by atoms with Gasteiger partial charge in [0.2, 0.25) is 11.8 Å². The van der Waals surface area contributed by atoms with Gasteiger partial charge < -0.3 is 4.52 Å². The molecule has 1 aliphatic rings. The standard InChI is InChI=1S/C18H14FN3O5S/c19-10-1-4-12(5-2-10)28(25,26)22-11-3-7-15-14(9-11)17(21-27-15)13-6-8-16(23)20-18(13)24/h1-5,7,9,13,22H,6,8H2,(H,20,23,24).